The maximum Gasteiger partial charge on any atom is 0.213 e. The van der Waals surface area contributed by atoms with E-state index in [0.717, 1.165) is 19.4 Å². The molecule has 0 aromatic carbocycles. The third-order valence-electron chi connectivity index (χ3n) is 1.71. The lowest BCUT2D eigenvalue weighted by molar-refractivity contribution is -0.128. The second-order valence-electron chi connectivity index (χ2n) is 2.73. The number of carbonyl (C=O) groups excluding carboxylic acids is 1. The Morgan fingerprint density at radius 3 is 2.42 bits per heavy atom. The lowest BCUT2D eigenvalue weighted by Gasteiger charge is -2.21. The third-order valence-corrected chi connectivity index (χ3v) is 1.71. The Morgan fingerprint density at radius 1 is 1.33 bits per heavy atom. The maximum absolute atomic E-state index is 11.2. The average Bonchev–Trinajstić information content (AvgIpc) is 2.11. The molecule has 0 N–H and O–H groups in total. The summed E-state index contributed by atoms with van der Waals surface area (Å²) in [5.74, 6) is -0.00565. The van der Waals surface area contributed by atoms with Crippen LogP contribution in [0, 0.1) is 0 Å². The van der Waals surface area contributed by atoms with Gasteiger partial charge in [-0.2, -0.15) is 0 Å². The average molecular weight is 163 g/mol. The summed E-state index contributed by atoms with van der Waals surface area (Å²) in [4.78, 5) is 12.9. The maximum atomic E-state index is 11.2. The molecule has 0 saturated carbocycles. The molecule has 0 aromatic rings. The Kier molecular flexibility index (Phi) is 7.02. The standard InChI is InChI=1S/C8H15B2NO/c1-2-3-5-11(6-4-9)8(12)7-10/h2-7H2,1H3. The summed E-state index contributed by atoms with van der Waals surface area (Å²) >= 11 is 0. The van der Waals surface area contributed by atoms with E-state index in [9.17, 15) is 4.79 Å². The molecule has 1 amide bonds. The van der Waals surface area contributed by atoms with Crippen molar-refractivity contribution in [2.24, 2.45) is 0 Å². The minimum Gasteiger partial charge on any atom is -0.344 e. The normalized spacial score (nSPS) is 9.75. The van der Waals surface area contributed by atoms with Gasteiger partial charge in [0.15, 0.2) is 0 Å². The molecule has 0 aromatic heterocycles. The minimum absolute atomic E-state index is 0.00565. The summed E-state index contributed by atoms with van der Waals surface area (Å²) in [6, 6.07) is 0. The first-order valence-corrected chi connectivity index (χ1v) is 4.44. The third kappa shape index (κ3) is 4.47. The zero-order chi connectivity index (χ0) is 9.40. The number of rotatable bonds is 6. The Bertz CT molecular complexity index is 130. The van der Waals surface area contributed by atoms with Crippen LogP contribution in [0.3, 0.4) is 0 Å². The number of amides is 1. The first-order valence-electron chi connectivity index (χ1n) is 4.44. The van der Waals surface area contributed by atoms with Gasteiger partial charge in [0.05, 0.1) is 15.7 Å². The van der Waals surface area contributed by atoms with Crippen molar-refractivity contribution in [1.82, 2.24) is 4.90 Å². The SMILES string of the molecule is [B]CCN(CCCC)C(=O)C[B]. The molecular formula is C8H15B2NO. The molecule has 12 heavy (non-hydrogen) atoms. The number of unbranched alkanes of at least 4 members (excludes halogenated alkanes) is 1. The van der Waals surface area contributed by atoms with Gasteiger partial charge in [0.1, 0.15) is 0 Å². The molecule has 0 unspecified atom stereocenters. The molecule has 0 saturated heterocycles. The summed E-state index contributed by atoms with van der Waals surface area (Å²) in [5, 5.41) is 0. The quantitative estimate of drug-likeness (QED) is 0.529. The van der Waals surface area contributed by atoms with Gasteiger partial charge in [0.2, 0.25) is 5.91 Å². The van der Waals surface area contributed by atoms with E-state index in [1.54, 1.807) is 4.90 Å². The van der Waals surface area contributed by atoms with Crippen molar-refractivity contribution >= 4 is 21.6 Å². The van der Waals surface area contributed by atoms with Crippen LogP contribution >= 0.6 is 0 Å². The molecule has 0 heterocycles. The second-order valence-corrected chi connectivity index (χ2v) is 2.73. The Labute approximate surface area is 77.5 Å². The van der Waals surface area contributed by atoms with E-state index in [2.05, 4.69) is 6.92 Å². The van der Waals surface area contributed by atoms with Gasteiger partial charge in [-0.05, 0) is 12.7 Å². The lowest BCUT2D eigenvalue weighted by Crippen LogP contribution is -2.32. The molecular weight excluding hydrogens is 148 g/mol. The predicted molar refractivity (Wildman–Crippen MR) is 52.6 cm³/mol. The van der Waals surface area contributed by atoms with Gasteiger partial charge in [0, 0.05) is 13.1 Å². The van der Waals surface area contributed by atoms with Crippen molar-refractivity contribution in [2.75, 3.05) is 13.1 Å². The first kappa shape index (κ1) is 11.6. The summed E-state index contributed by atoms with van der Waals surface area (Å²) in [7, 11) is 10.6. The molecule has 0 rings (SSSR count). The number of carbonyl (C=O) groups is 1. The zero-order valence-electron chi connectivity index (χ0n) is 7.75. The van der Waals surface area contributed by atoms with Gasteiger partial charge in [0.25, 0.3) is 0 Å². The van der Waals surface area contributed by atoms with Gasteiger partial charge in [-0.15, -0.1) is 0 Å². The topological polar surface area (TPSA) is 20.3 Å². The lowest BCUT2D eigenvalue weighted by atomic mass is 10.0. The fourth-order valence-electron chi connectivity index (χ4n) is 0.995. The smallest absolute Gasteiger partial charge is 0.213 e. The van der Waals surface area contributed by atoms with Crippen LogP contribution in [0.1, 0.15) is 19.8 Å². The Hall–Kier alpha value is -0.400. The van der Waals surface area contributed by atoms with Crippen molar-refractivity contribution < 1.29 is 4.79 Å². The molecule has 0 aliphatic heterocycles. The van der Waals surface area contributed by atoms with Crippen LogP contribution < -0.4 is 0 Å². The highest BCUT2D eigenvalue weighted by Crippen LogP contribution is 1.98. The summed E-state index contributed by atoms with van der Waals surface area (Å²) < 4.78 is 0. The predicted octanol–water partition coefficient (Wildman–Crippen LogP) is 0.789. The van der Waals surface area contributed by atoms with Crippen molar-refractivity contribution in [1.29, 1.82) is 0 Å². The van der Waals surface area contributed by atoms with Crippen LogP contribution in [0.2, 0.25) is 12.6 Å². The van der Waals surface area contributed by atoms with E-state index in [1.807, 2.05) is 0 Å². The largest absolute Gasteiger partial charge is 0.344 e. The molecule has 0 aliphatic carbocycles. The molecule has 0 aliphatic rings. The van der Waals surface area contributed by atoms with Crippen molar-refractivity contribution in [3.8, 4) is 0 Å². The fourth-order valence-corrected chi connectivity index (χ4v) is 0.995. The van der Waals surface area contributed by atoms with Crippen LogP contribution in [0.4, 0.5) is 0 Å². The molecule has 0 spiro atoms. The molecule has 64 valence electrons. The molecule has 0 fully saturated rings. The van der Waals surface area contributed by atoms with Gasteiger partial charge < -0.3 is 4.90 Å². The van der Waals surface area contributed by atoms with Gasteiger partial charge in [-0.1, -0.05) is 19.7 Å². The highest BCUT2D eigenvalue weighted by atomic mass is 16.2. The Morgan fingerprint density at radius 2 is 2.00 bits per heavy atom. The monoisotopic (exact) mass is 163 g/mol. The van der Waals surface area contributed by atoms with E-state index < -0.39 is 0 Å². The van der Waals surface area contributed by atoms with Crippen molar-refractivity contribution in [2.45, 2.75) is 32.4 Å². The van der Waals surface area contributed by atoms with Gasteiger partial charge in [-0.25, -0.2) is 0 Å². The highest BCUT2D eigenvalue weighted by molar-refractivity contribution is 6.19. The van der Waals surface area contributed by atoms with E-state index in [4.69, 9.17) is 15.7 Å². The van der Waals surface area contributed by atoms with Crippen molar-refractivity contribution in [3.05, 3.63) is 0 Å². The summed E-state index contributed by atoms with van der Waals surface area (Å²) in [5.41, 5.74) is 0. The van der Waals surface area contributed by atoms with Crippen LogP contribution in [-0.2, 0) is 4.79 Å². The van der Waals surface area contributed by atoms with Crippen LogP contribution in [-0.4, -0.2) is 39.6 Å². The van der Waals surface area contributed by atoms with Crippen molar-refractivity contribution in [3.63, 3.8) is 0 Å². The highest BCUT2D eigenvalue weighted by Gasteiger charge is 2.07. The fraction of sp³-hybridized carbons (Fsp3) is 0.875. The van der Waals surface area contributed by atoms with Crippen LogP contribution in [0.15, 0.2) is 0 Å². The number of hydrogen-bond acceptors (Lipinski definition) is 1. The van der Waals surface area contributed by atoms with Gasteiger partial charge in [-0.3, -0.25) is 4.79 Å². The van der Waals surface area contributed by atoms with E-state index >= 15 is 0 Å². The first-order chi connectivity index (χ1) is 5.76. The van der Waals surface area contributed by atoms with Crippen LogP contribution in [0.5, 0.6) is 0 Å². The Balaban J connectivity index is 3.76. The van der Waals surface area contributed by atoms with Crippen LogP contribution in [0.25, 0.3) is 0 Å². The van der Waals surface area contributed by atoms with Gasteiger partial charge >= 0.3 is 0 Å². The molecule has 0 atom stereocenters. The molecule has 2 nitrogen and oxygen atoms in total. The second kappa shape index (κ2) is 7.26. The number of nitrogens with zero attached hydrogens (tertiary/aromatic N) is 1. The number of hydrogen-bond donors (Lipinski definition) is 0. The summed E-state index contributed by atoms with van der Waals surface area (Å²) in [6.07, 6.45) is 2.70. The summed E-state index contributed by atoms with van der Waals surface area (Å²) in [6.45, 7) is 3.49. The molecule has 4 radical (unpaired) electrons. The minimum atomic E-state index is -0.00565. The van der Waals surface area contributed by atoms with E-state index in [0.29, 0.717) is 12.9 Å². The molecule has 4 heteroatoms. The zero-order valence-corrected chi connectivity index (χ0v) is 7.75. The van der Waals surface area contributed by atoms with E-state index in [-0.39, 0.29) is 12.2 Å². The molecule has 0 bridgehead atoms. The van der Waals surface area contributed by atoms with E-state index in [1.165, 1.54) is 0 Å².